The molecule has 0 aliphatic rings. The number of carbonyl (C=O) groups excluding carboxylic acids is 2. The molecule has 1 aromatic rings. The van der Waals surface area contributed by atoms with Crippen molar-refractivity contribution in [2.75, 3.05) is 11.8 Å². The van der Waals surface area contributed by atoms with Crippen molar-refractivity contribution in [1.29, 1.82) is 0 Å². The number of hydrogen-bond acceptors (Lipinski definition) is 4. The van der Waals surface area contributed by atoms with Gasteiger partial charge in [-0.2, -0.15) is 0 Å². The van der Waals surface area contributed by atoms with Crippen LogP contribution in [0, 0.1) is 0 Å². The Morgan fingerprint density at radius 3 is 1.44 bits per heavy atom. The van der Waals surface area contributed by atoms with E-state index in [1.807, 2.05) is 0 Å². The standard InChI is InChI=1S/C10H8Cl2O4/c11-5-9(13)15-7-1-2-8(4-3-7)16-10(14)6-12/h1-4H,5-6H2. The predicted octanol–water partition coefficient (Wildman–Crippen LogP) is 1.98. The molecule has 1 aromatic carbocycles. The topological polar surface area (TPSA) is 52.6 Å². The van der Waals surface area contributed by atoms with Gasteiger partial charge in [-0.25, -0.2) is 0 Å². The van der Waals surface area contributed by atoms with Crippen molar-refractivity contribution in [3.05, 3.63) is 24.3 Å². The number of halogens is 2. The summed E-state index contributed by atoms with van der Waals surface area (Å²) in [5.41, 5.74) is 0. The van der Waals surface area contributed by atoms with Gasteiger partial charge in [0, 0.05) is 0 Å². The molecule has 6 heteroatoms. The molecule has 0 saturated carbocycles. The summed E-state index contributed by atoms with van der Waals surface area (Å²) in [7, 11) is 0. The zero-order chi connectivity index (χ0) is 12.0. The zero-order valence-electron chi connectivity index (χ0n) is 8.11. The molecule has 0 fully saturated rings. The molecule has 0 unspecified atom stereocenters. The van der Waals surface area contributed by atoms with E-state index in [9.17, 15) is 9.59 Å². The Balaban J connectivity index is 2.60. The van der Waals surface area contributed by atoms with Crippen LogP contribution >= 0.6 is 23.2 Å². The summed E-state index contributed by atoms with van der Waals surface area (Å²) in [4.78, 5) is 21.7. The lowest BCUT2D eigenvalue weighted by atomic mass is 10.3. The fraction of sp³-hybridized carbons (Fsp3) is 0.200. The quantitative estimate of drug-likeness (QED) is 0.473. The number of alkyl halides is 2. The molecule has 0 bridgehead atoms. The van der Waals surface area contributed by atoms with Crippen molar-refractivity contribution in [3.8, 4) is 11.5 Å². The highest BCUT2D eigenvalue weighted by molar-refractivity contribution is 6.26. The van der Waals surface area contributed by atoms with E-state index in [-0.39, 0.29) is 11.8 Å². The maximum absolute atomic E-state index is 10.8. The summed E-state index contributed by atoms with van der Waals surface area (Å²) in [5.74, 6) is -0.876. The molecule has 16 heavy (non-hydrogen) atoms. The van der Waals surface area contributed by atoms with Crippen LogP contribution in [0.1, 0.15) is 0 Å². The SMILES string of the molecule is O=C(CCl)Oc1ccc(OC(=O)CCl)cc1. The number of ether oxygens (including phenoxy) is 2. The largest absolute Gasteiger partial charge is 0.426 e. The van der Waals surface area contributed by atoms with Gasteiger partial charge in [0.1, 0.15) is 23.3 Å². The molecule has 0 amide bonds. The van der Waals surface area contributed by atoms with Gasteiger partial charge in [-0.05, 0) is 24.3 Å². The first-order valence-electron chi connectivity index (χ1n) is 4.29. The van der Waals surface area contributed by atoms with Crippen LogP contribution in [0.25, 0.3) is 0 Å². The van der Waals surface area contributed by atoms with E-state index in [0.29, 0.717) is 11.5 Å². The first kappa shape index (κ1) is 12.8. The van der Waals surface area contributed by atoms with Gasteiger partial charge in [-0.15, -0.1) is 23.2 Å². The van der Waals surface area contributed by atoms with E-state index >= 15 is 0 Å². The van der Waals surface area contributed by atoms with E-state index in [1.54, 1.807) is 0 Å². The van der Waals surface area contributed by atoms with Gasteiger partial charge in [0.05, 0.1) is 0 Å². The van der Waals surface area contributed by atoms with E-state index in [2.05, 4.69) is 0 Å². The molecule has 0 heterocycles. The van der Waals surface area contributed by atoms with E-state index in [0.717, 1.165) is 0 Å². The van der Waals surface area contributed by atoms with E-state index in [4.69, 9.17) is 32.7 Å². The van der Waals surface area contributed by atoms with Gasteiger partial charge in [0.15, 0.2) is 0 Å². The molecule has 0 aromatic heterocycles. The lowest BCUT2D eigenvalue weighted by Gasteiger charge is -2.04. The predicted molar refractivity (Wildman–Crippen MR) is 59.2 cm³/mol. The lowest BCUT2D eigenvalue weighted by Crippen LogP contribution is -2.10. The average Bonchev–Trinajstić information content (AvgIpc) is 2.31. The molecule has 0 spiro atoms. The second-order valence-corrected chi connectivity index (χ2v) is 3.22. The van der Waals surface area contributed by atoms with Gasteiger partial charge in [0.2, 0.25) is 0 Å². The van der Waals surface area contributed by atoms with Gasteiger partial charge in [-0.3, -0.25) is 9.59 Å². The Hall–Kier alpha value is -1.26. The molecule has 0 aliphatic heterocycles. The molecule has 0 aliphatic carbocycles. The second kappa shape index (κ2) is 6.35. The van der Waals surface area contributed by atoms with Gasteiger partial charge >= 0.3 is 11.9 Å². The third kappa shape index (κ3) is 4.08. The van der Waals surface area contributed by atoms with Crippen molar-refractivity contribution >= 4 is 35.1 Å². The number of benzene rings is 1. The molecule has 1 rings (SSSR count). The first-order valence-corrected chi connectivity index (χ1v) is 5.36. The summed E-state index contributed by atoms with van der Waals surface area (Å²) in [6.45, 7) is 0. The highest BCUT2D eigenvalue weighted by Crippen LogP contribution is 2.18. The molecule has 0 N–H and O–H groups in total. The summed E-state index contributed by atoms with van der Waals surface area (Å²) in [5, 5.41) is 0. The van der Waals surface area contributed by atoms with Crippen LogP contribution in [0.4, 0.5) is 0 Å². The van der Waals surface area contributed by atoms with Crippen LogP contribution in [-0.2, 0) is 9.59 Å². The maximum atomic E-state index is 10.8. The first-order chi connectivity index (χ1) is 7.65. The monoisotopic (exact) mass is 262 g/mol. The second-order valence-electron chi connectivity index (χ2n) is 2.69. The minimum Gasteiger partial charge on any atom is -0.426 e. The van der Waals surface area contributed by atoms with Crippen molar-refractivity contribution in [2.45, 2.75) is 0 Å². The number of rotatable bonds is 4. The third-order valence-corrected chi connectivity index (χ3v) is 1.94. The minimum absolute atomic E-state index is 0.219. The van der Waals surface area contributed by atoms with Crippen LogP contribution in [0.15, 0.2) is 24.3 Å². The lowest BCUT2D eigenvalue weighted by molar-refractivity contribution is -0.132. The molecular weight excluding hydrogens is 255 g/mol. The summed E-state index contributed by atoms with van der Waals surface area (Å²) in [6.07, 6.45) is 0. The van der Waals surface area contributed by atoms with E-state index in [1.165, 1.54) is 24.3 Å². The third-order valence-electron chi connectivity index (χ3n) is 1.51. The van der Waals surface area contributed by atoms with Gasteiger partial charge in [0.25, 0.3) is 0 Å². The van der Waals surface area contributed by atoms with Crippen LogP contribution in [-0.4, -0.2) is 23.7 Å². The van der Waals surface area contributed by atoms with Crippen LogP contribution in [0.2, 0.25) is 0 Å². The van der Waals surface area contributed by atoms with Crippen LogP contribution in [0.3, 0.4) is 0 Å². The Morgan fingerprint density at radius 1 is 0.875 bits per heavy atom. The Morgan fingerprint density at radius 2 is 1.19 bits per heavy atom. The van der Waals surface area contributed by atoms with Crippen molar-refractivity contribution in [1.82, 2.24) is 0 Å². The van der Waals surface area contributed by atoms with Gasteiger partial charge < -0.3 is 9.47 Å². The van der Waals surface area contributed by atoms with Crippen LogP contribution < -0.4 is 9.47 Å². The molecule has 0 radical (unpaired) electrons. The number of hydrogen-bond donors (Lipinski definition) is 0. The van der Waals surface area contributed by atoms with Crippen molar-refractivity contribution in [2.24, 2.45) is 0 Å². The van der Waals surface area contributed by atoms with Crippen LogP contribution in [0.5, 0.6) is 11.5 Å². The average molecular weight is 263 g/mol. The maximum Gasteiger partial charge on any atom is 0.326 e. The molecule has 0 atom stereocenters. The minimum atomic E-state index is -0.549. The van der Waals surface area contributed by atoms with E-state index < -0.39 is 11.9 Å². The Kier molecular flexibility index (Phi) is 5.08. The summed E-state index contributed by atoms with van der Waals surface area (Å²) in [6, 6.07) is 5.95. The molecular formula is C10H8Cl2O4. The molecule has 4 nitrogen and oxygen atoms in total. The van der Waals surface area contributed by atoms with Gasteiger partial charge in [-0.1, -0.05) is 0 Å². The number of esters is 2. The molecule has 86 valence electrons. The number of carbonyl (C=O) groups is 2. The Bertz CT molecular complexity index is 338. The highest BCUT2D eigenvalue weighted by atomic mass is 35.5. The zero-order valence-corrected chi connectivity index (χ0v) is 9.62. The highest BCUT2D eigenvalue weighted by Gasteiger charge is 2.05. The fourth-order valence-electron chi connectivity index (χ4n) is 0.893. The van der Waals surface area contributed by atoms with Crippen molar-refractivity contribution in [3.63, 3.8) is 0 Å². The summed E-state index contributed by atoms with van der Waals surface area (Å²) < 4.78 is 9.62. The fourth-order valence-corrected chi connectivity index (χ4v) is 1.00. The van der Waals surface area contributed by atoms with Crippen molar-refractivity contribution < 1.29 is 19.1 Å². The summed E-state index contributed by atoms with van der Waals surface area (Å²) >= 11 is 10.5. The molecule has 0 saturated heterocycles. The Labute approximate surface area is 102 Å². The normalized spacial score (nSPS) is 9.62. The smallest absolute Gasteiger partial charge is 0.326 e.